The molecule has 1 heterocycles. The van der Waals surface area contributed by atoms with Crippen LogP contribution in [0, 0.1) is 22.7 Å². The Morgan fingerprint density at radius 3 is 2.08 bits per heavy atom. The molecule has 2 aliphatic carbocycles. The van der Waals surface area contributed by atoms with Crippen LogP contribution in [-0.4, -0.2) is 37.8 Å². The third-order valence-corrected chi connectivity index (χ3v) is 16.1. The number of hydrogen-bond donors (Lipinski definition) is 1. The summed E-state index contributed by atoms with van der Waals surface area (Å²) in [5, 5.41) is 14.5. The minimum Gasteiger partial charge on any atom is -0.407 e. The number of rotatable bonds is 8. The van der Waals surface area contributed by atoms with Crippen LogP contribution >= 0.6 is 0 Å². The van der Waals surface area contributed by atoms with Crippen molar-refractivity contribution in [1.29, 1.82) is 0 Å². The molecule has 0 amide bonds. The molecule has 1 aliphatic heterocycles. The maximum Gasteiger partial charge on any atom is 0.261 e. The lowest BCUT2D eigenvalue weighted by atomic mass is 9.47. The van der Waals surface area contributed by atoms with Crippen LogP contribution in [0.15, 0.2) is 72.3 Å². The predicted molar refractivity (Wildman–Crippen MR) is 169 cm³/mol. The summed E-state index contributed by atoms with van der Waals surface area (Å²) in [4.78, 5) is 0. The lowest BCUT2D eigenvalue weighted by Gasteiger charge is -2.57. The molecule has 5 rings (SSSR count). The van der Waals surface area contributed by atoms with Crippen LogP contribution in [-0.2, 0) is 9.16 Å². The highest BCUT2D eigenvalue weighted by Gasteiger charge is 2.62. The standard InChI is InChI=1S/C36H52O3Si/c1-26-20-21-29-34(5,6)22-15-23-35(29,7)30(26)31(37)32-36(8,39-32)24-25-38-40(33(2,3)4,27-16-11-9-12-17-27)28-18-13-10-14-19-28/h9-14,16-20,29-32,37H,15,21-25H2,1-8H3/t29?,30-,31-,32+,35+,36+/m1/s1. The molecule has 1 saturated heterocycles. The summed E-state index contributed by atoms with van der Waals surface area (Å²) in [5.41, 5.74) is 1.40. The van der Waals surface area contributed by atoms with E-state index in [9.17, 15) is 5.11 Å². The lowest BCUT2D eigenvalue weighted by Crippen LogP contribution is -2.66. The van der Waals surface area contributed by atoms with Gasteiger partial charge in [0.1, 0.15) is 6.10 Å². The van der Waals surface area contributed by atoms with Crippen LogP contribution in [0.3, 0.4) is 0 Å². The number of benzene rings is 2. The van der Waals surface area contributed by atoms with Crippen LogP contribution in [0.1, 0.15) is 87.5 Å². The van der Waals surface area contributed by atoms with E-state index in [1.165, 1.54) is 35.2 Å². The van der Waals surface area contributed by atoms with Gasteiger partial charge in [-0.1, -0.05) is 120 Å². The van der Waals surface area contributed by atoms with E-state index in [0.717, 1.165) is 12.8 Å². The second-order valence-corrected chi connectivity index (χ2v) is 19.5. The summed E-state index contributed by atoms with van der Waals surface area (Å²) in [5.74, 6) is 0.746. The Balaban J connectivity index is 1.36. The van der Waals surface area contributed by atoms with Gasteiger partial charge in [0, 0.05) is 18.9 Å². The van der Waals surface area contributed by atoms with Crippen molar-refractivity contribution in [2.75, 3.05) is 6.61 Å². The molecule has 3 nitrogen and oxygen atoms in total. The monoisotopic (exact) mass is 560 g/mol. The molecular formula is C36H52O3Si. The van der Waals surface area contributed by atoms with E-state index in [4.69, 9.17) is 9.16 Å². The first-order chi connectivity index (χ1) is 18.8. The highest BCUT2D eigenvalue weighted by atomic mass is 28.4. The lowest BCUT2D eigenvalue weighted by molar-refractivity contribution is -0.0803. The van der Waals surface area contributed by atoms with Crippen LogP contribution in [0.25, 0.3) is 0 Å². The van der Waals surface area contributed by atoms with Gasteiger partial charge in [-0.3, -0.25) is 0 Å². The molecule has 4 heteroatoms. The predicted octanol–water partition coefficient (Wildman–Crippen LogP) is 7.27. The average Bonchev–Trinajstić information content (AvgIpc) is 3.57. The van der Waals surface area contributed by atoms with Crippen molar-refractivity contribution in [3.8, 4) is 0 Å². The summed E-state index contributed by atoms with van der Waals surface area (Å²) in [6, 6.07) is 21.7. The first kappa shape index (κ1) is 29.8. The zero-order valence-electron chi connectivity index (χ0n) is 26.2. The summed E-state index contributed by atoms with van der Waals surface area (Å²) in [6.45, 7) is 19.3. The maximum atomic E-state index is 11.9. The quantitative estimate of drug-likeness (QED) is 0.210. The van der Waals surface area contributed by atoms with Crippen molar-refractivity contribution in [3.05, 3.63) is 72.3 Å². The Hall–Kier alpha value is -1.72. The fourth-order valence-electron chi connectivity index (χ4n) is 8.97. The average molecular weight is 561 g/mol. The van der Waals surface area contributed by atoms with Crippen molar-refractivity contribution < 1.29 is 14.3 Å². The van der Waals surface area contributed by atoms with Gasteiger partial charge in [-0.15, -0.1) is 0 Å². The molecule has 0 bridgehead atoms. The minimum absolute atomic E-state index is 0.0542. The number of aliphatic hydroxyl groups is 1. The van der Waals surface area contributed by atoms with Crippen molar-refractivity contribution in [2.45, 2.75) is 110 Å². The van der Waals surface area contributed by atoms with Gasteiger partial charge in [-0.2, -0.15) is 0 Å². The first-order valence-electron chi connectivity index (χ1n) is 15.5. The highest BCUT2D eigenvalue weighted by molar-refractivity contribution is 6.99. The van der Waals surface area contributed by atoms with Crippen LogP contribution in [0.5, 0.6) is 0 Å². The van der Waals surface area contributed by atoms with Crippen molar-refractivity contribution in [3.63, 3.8) is 0 Å². The normalized spacial score (nSPS) is 32.6. The molecular weight excluding hydrogens is 508 g/mol. The van der Waals surface area contributed by atoms with E-state index < -0.39 is 14.4 Å². The Morgan fingerprint density at radius 2 is 1.52 bits per heavy atom. The number of ether oxygens (including phenoxy) is 1. The molecule has 40 heavy (non-hydrogen) atoms. The molecule has 0 radical (unpaired) electrons. The van der Waals surface area contributed by atoms with E-state index in [0.29, 0.717) is 17.9 Å². The number of epoxide rings is 1. The summed E-state index contributed by atoms with van der Waals surface area (Å²) in [6.07, 6.45) is 7.40. The fourth-order valence-corrected chi connectivity index (χ4v) is 13.5. The van der Waals surface area contributed by atoms with Crippen LogP contribution in [0.2, 0.25) is 5.04 Å². The second kappa shape index (κ2) is 10.5. The third-order valence-electron chi connectivity index (χ3n) is 11.1. The van der Waals surface area contributed by atoms with Gasteiger partial charge in [0.15, 0.2) is 0 Å². The van der Waals surface area contributed by atoms with Crippen molar-refractivity contribution in [2.24, 2.45) is 22.7 Å². The van der Waals surface area contributed by atoms with Crippen LogP contribution < -0.4 is 10.4 Å². The molecule has 0 aromatic heterocycles. The molecule has 2 aromatic rings. The molecule has 0 spiro atoms. The van der Waals surface area contributed by atoms with Gasteiger partial charge in [0.05, 0.1) is 11.7 Å². The number of hydrogen-bond acceptors (Lipinski definition) is 3. The Kier molecular flexibility index (Phi) is 7.83. The molecule has 3 aliphatic rings. The van der Waals surface area contributed by atoms with Gasteiger partial charge < -0.3 is 14.3 Å². The summed E-state index contributed by atoms with van der Waals surface area (Å²) in [7, 11) is -2.59. The SMILES string of the molecule is CC1=CCC2C(C)(C)CCC[C@]2(C)[C@H]1[C@@H](O)[C@@H]1O[C@@]1(C)CCO[Si](c1ccccc1)(c1ccccc1)C(C)(C)C. The fraction of sp³-hybridized carbons (Fsp3) is 0.611. The molecule has 218 valence electrons. The molecule has 2 aromatic carbocycles. The number of fused-ring (bicyclic) bond motifs is 1. The topological polar surface area (TPSA) is 42.0 Å². The molecule has 2 fully saturated rings. The number of aliphatic hydroxyl groups excluding tert-OH is 1. The van der Waals surface area contributed by atoms with Gasteiger partial charge in [-0.25, -0.2) is 0 Å². The van der Waals surface area contributed by atoms with Gasteiger partial charge in [0.25, 0.3) is 8.32 Å². The molecule has 1 N–H and O–H groups in total. The zero-order valence-corrected chi connectivity index (χ0v) is 27.2. The van der Waals surface area contributed by atoms with E-state index in [-0.39, 0.29) is 28.1 Å². The third kappa shape index (κ3) is 4.97. The molecule has 6 atom stereocenters. The second-order valence-electron chi connectivity index (χ2n) is 15.2. The molecule has 1 saturated carbocycles. The minimum atomic E-state index is -2.59. The van der Waals surface area contributed by atoms with Gasteiger partial charge in [0.2, 0.25) is 0 Å². The number of allylic oxidation sites excluding steroid dienone is 1. The van der Waals surface area contributed by atoms with E-state index in [1.807, 2.05) is 0 Å². The van der Waals surface area contributed by atoms with E-state index >= 15 is 0 Å². The zero-order chi connectivity index (χ0) is 29.0. The summed E-state index contributed by atoms with van der Waals surface area (Å²) >= 11 is 0. The Labute approximate surface area is 244 Å². The first-order valence-corrected chi connectivity index (χ1v) is 17.4. The van der Waals surface area contributed by atoms with E-state index in [1.54, 1.807) is 0 Å². The largest absolute Gasteiger partial charge is 0.407 e. The van der Waals surface area contributed by atoms with Gasteiger partial charge >= 0.3 is 0 Å². The van der Waals surface area contributed by atoms with Crippen molar-refractivity contribution >= 4 is 18.7 Å². The van der Waals surface area contributed by atoms with Crippen molar-refractivity contribution in [1.82, 2.24) is 0 Å². The van der Waals surface area contributed by atoms with Gasteiger partial charge in [-0.05, 0) is 65.3 Å². The maximum absolute atomic E-state index is 11.9. The Bertz CT molecular complexity index is 1160. The highest BCUT2D eigenvalue weighted by Crippen LogP contribution is 2.62. The molecule has 1 unspecified atom stereocenters. The smallest absolute Gasteiger partial charge is 0.261 e. The van der Waals surface area contributed by atoms with Crippen LogP contribution in [0.4, 0.5) is 0 Å². The van der Waals surface area contributed by atoms with E-state index in [2.05, 4.69) is 122 Å². The Morgan fingerprint density at radius 1 is 0.950 bits per heavy atom. The summed E-state index contributed by atoms with van der Waals surface area (Å²) < 4.78 is 13.6.